The van der Waals surface area contributed by atoms with Crippen LogP contribution >= 0.6 is 34.4 Å². The van der Waals surface area contributed by atoms with E-state index in [-0.39, 0.29) is 17.3 Å². The van der Waals surface area contributed by atoms with E-state index in [1.54, 1.807) is 37.5 Å². The molecule has 1 heterocycles. The van der Waals surface area contributed by atoms with Gasteiger partial charge in [0.2, 0.25) is 0 Å². The minimum atomic E-state index is -0.324. The van der Waals surface area contributed by atoms with E-state index in [1.165, 1.54) is 4.90 Å². The molecule has 3 rings (SSSR count). The first kappa shape index (κ1) is 20.7. The molecule has 0 N–H and O–H groups in total. The Hall–Kier alpha value is -2.00. The van der Waals surface area contributed by atoms with Crippen molar-refractivity contribution < 1.29 is 19.1 Å². The topological polar surface area (TPSA) is 55.8 Å². The molecule has 0 aromatic heterocycles. The first-order valence-corrected chi connectivity index (χ1v) is 10.7. The van der Waals surface area contributed by atoms with Crippen molar-refractivity contribution in [2.24, 2.45) is 0 Å². The molecule has 146 valence electrons. The summed E-state index contributed by atoms with van der Waals surface area (Å²) in [4.78, 5) is 26.7. The summed E-state index contributed by atoms with van der Waals surface area (Å²) in [5.41, 5.74) is 1.34. The van der Waals surface area contributed by atoms with Crippen LogP contribution in [0.4, 0.5) is 10.5 Å². The molecule has 2 aromatic carbocycles. The second-order valence-corrected chi connectivity index (χ2v) is 8.38. The molecule has 1 aliphatic rings. The van der Waals surface area contributed by atoms with Gasteiger partial charge >= 0.3 is 0 Å². The van der Waals surface area contributed by atoms with Gasteiger partial charge in [-0.2, -0.15) is 0 Å². The monoisotopic (exact) mass is 509 g/mol. The van der Waals surface area contributed by atoms with Crippen LogP contribution in [-0.4, -0.2) is 24.4 Å². The summed E-state index contributed by atoms with van der Waals surface area (Å²) < 4.78 is 12.3. The van der Waals surface area contributed by atoms with Gasteiger partial charge in [0.25, 0.3) is 11.1 Å². The lowest BCUT2D eigenvalue weighted by molar-refractivity contribution is -0.113. The SMILES string of the molecule is CC[C@@H](C)Oc1c(I)cc(/C=C2/SC(=O)N(c3ccccc3)C2=O)cc1OC. The Bertz CT molecular complexity index is 930. The highest BCUT2D eigenvalue weighted by atomic mass is 127. The number of nitrogens with zero attached hydrogens (tertiary/aromatic N) is 1. The van der Waals surface area contributed by atoms with Gasteiger partial charge in [-0.25, -0.2) is 4.90 Å². The third-order valence-corrected chi connectivity index (χ3v) is 5.92. The first-order valence-electron chi connectivity index (χ1n) is 8.81. The van der Waals surface area contributed by atoms with Gasteiger partial charge in [-0.15, -0.1) is 0 Å². The lowest BCUT2D eigenvalue weighted by Gasteiger charge is -2.17. The van der Waals surface area contributed by atoms with Crippen molar-refractivity contribution >= 4 is 57.3 Å². The van der Waals surface area contributed by atoms with E-state index in [4.69, 9.17) is 9.47 Å². The summed E-state index contributed by atoms with van der Waals surface area (Å²) in [6.07, 6.45) is 2.66. The van der Waals surface area contributed by atoms with Crippen LogP contribution in [0.5, 0.6) is 11.5 Å². The molecule has 0 unspecified atom stereocenters. The number of amides is 2. The smallest absolute Gasteiger partial charge is 0.298 e. The number of imide groups is 1. The standard InChI is InChI=1S/C21H20INO4S/c1-4-13(2)27-19-16(22)10-14(11-17(19)26-3)12-18-20(24)23(21(25)28-18)15-8-6-5-7-9-15/h5-13H,4H2,1-3H3/b18-12+/t13-/m1/s1. The predicted octanol–water partition coefficient (Wildman–Crippen LogP) is 5.72. The van der Waals surface area contributed by atoms with Crippen LogP contribution < -0.4 is 14.4 Å². The number of benzene rings is 2. The van der Waals surface area contributed by atoms with Crippen LogP contribution in [0.2, 0.25) is 0 Å². The van der Waals surface area contributed by atoms with Gasteiger partial charge in [0.1, 0.15) is 0 Å². The van der Waals surface area contributed by atoms with Crippen molar-refractivity contribution in [2.75, 3.05) is 12.0 Å². The van der Waals surface area contributed by atoms with Gasteiger partial charge in [-0.1, -0.05) is 25.1 Å². The Morgan fingerprint density at radius 3 is 2.57 bits per heavy atom. The number of rotatable bonds is 6. The number of methoxy groups -OCH3 is 1. The number of ether oxygens (including phenoxy) is 2. The van der Waals surface area contributed by atoms with Crippen molar-refractivity contribution in [3.8, 4) is 11.5 Å². The van der Waals surface area contributed by atoms with Crippen LogP contribution in [0.1, 0.15) is 25.8 Å². The minimum Gasteiger partial charge on any atom is -0.493 e. The van der Waals surface area contributed by atoms with Crippen molar-refractivity contribution in [1.29, 1.82) is 0 Å². The van der Waals surface area contributed by atoms with Crippen LogP contribution in [-0.2, 0) is 4.79 Å². The molecule has 0 saturated carbocycles. The van der Waals surface area contributed by atoms with Crippen LogP contribution in [0.3, 0.4) is 0 Å². The number of hydrogen-bond acceptors (Lipinski definition) is 5. The van der Waals surface area contributed by atoms with E-state index in [0.29, 0.717) is 22.1 Å². The van der Waals surface area contributed by atoms with Gasteiger partial charge in [-0.05, 0) is 83.6 Å². The fourth-order valence-corrected chi connectivity index (χ4v) is 4.23. The largest absolute Gasteiger partial charge is 0.493 e. The van der Waals surface area contributed by atoms with E-state index in [9.17, 15) is 9.59 Å². The van der Waals surface area contributed by atoms with E-state index in [2.05, 4.69) is 29.5 Å². The average Bonchev–Trinajstić information content (AvgIpc) is 2.97. The number of halogens is 1. The Balaban J connectivity index is 1.92. The highest BCUT2D eigenvalue weighted by Crippen LogP contribution is 2.39. The highest BCUT2D eigenvalue weighted by Gasteiger charge is 2.36. The number of carbonyl (C=O) groups excluding carboxylic acids is 2. The summed E-state index contributed by atoms with van der Waals surface area (Å²) in [6, 6.07) is 12.7. The number of thioether (sulfide) groups is 1. The first-order chi connectivity index (χ1) is 13.4. The van der Waals surface area contributed by atoms with E-state index >= 15 is 0 Å². The van der Waals surface area contributed by atoms with E-state index in [0.717, 1.165) is 27.3 Å². The Morgan fingerprint density at radius 2 is 1.93 bits per heavy atom. The summed E-state index contributed by atoms with van der Waals surface area (Å²) in [5.74, 6) is 0.961. The molecule has 0 bridgehead atoms. The van der Waals surface area contributed by atoms with Gasteiger partial charge in [-0.3, -0.25) is 9.59 Å². The maximum Gasteiger partial charge on any atom is 0.298 e. The molecule has 1 saturated heterocycles. The summed E-state index contributed by atoms with van der Waals surface area (Å²) >= 11 is 3.12. The molecule has 7 heteroatoms. The molecular formula is C21H20INO4S. The van der Waals surface area contributed by atoms with Crippen molar-refractivity contribution in [1.82, 2.24) is 0 Å². The summed E-state index contributed by atoms with van der Waals surface area (Å²) in [6.45, 7) is 4.06. The fraction of sp³-hybridized carbons (Fsp3) is 0.238. The molecular weight excluding hydrogens is 489 g/mol. The molecule has 1 fully saturated rings. The quantitative estimate of drug-likeness (QED) is 0.369. The zero-order chi connectivity index (χ0) is 20.3. The van der Waals surface area contributed by atoms with Gasteiger partial charge in [0.15, 0.2) is 11.5 Å². The van der Waals surface area contributed by atoms with Gasteiger partial charge < -0.3 is 9.47 Å². The fourth-order valence-electron chi connectivity index (χ4n) is 2.64. The molecule has 2 amide bonds. The molecule has 1 atom stereocenters. The van der Waals surface area contributed by atoms with Crippen molar-refractivity contribution in [3.63, 3.8) is 0 Å². The Labute approximate surface area is 182 Å². The number of hydrogen-bond donors (Lipinski definition) is 0. The van der Waals surface area contributed by atoms with Crippen molar-refractivity contribution in [2.45, 2.75) is 26.4 Å². The third-order valence-electron chi connectivity index (χ3n) is 4.25. The van der Waals surface area contributed by atoms with E-state index in [1.807, 2.05) is 25.1 Å². The maximum atomic E-state index is 12.8. The summed E-state index contributed by atoms with van der Waals surface area (Å²) in [7, 11) is 1.59. The summed E-state index contributed by atoms with van der Waals surface area (Å²) in [5, 5.41) is -0.305. The van der Waals surface area contributed by atoms with Gasteiger partial charge in [0.05, 0.1) is 27.4 Å². The molecule has 0 radical (unpaired) electrons. The number of para-hydroxylation sites is 1. The lowest BCUT2D eigenvalue weighted by Crippen LogP contribution is -2.27. The molecule has 5 nitrogen and oxygen atoms in total. The molecule has 1 aliphatic heterocycles. The highest BCUT2D eigenvalue weighted by molar-refractivity contribution is 14.1. The second-order valence-electron chi connectivity index (χ2n) is 6.22. The van der Waals surface area contributed by atoms with E-state index < -0.39 is 0 Å². The number of anilines is 1. The average molecular weight is 509 g/mol. The maximum absolute atomic E-state index is 12.8. The Kier molecular flexibility index (Phi) is 6.66. The molecule has 0 aliphatic carbocycles. The minimum absolute atomic E-state index is 0.0654. The van der Waals surface area contributed by atoms with Crippen LogP contribution in [0, 0.1) is 3.57 Å². The van der Waals surface area contributed by atoms with Crippen LogP contribution in [0.15, 0.2) is 47.4 Å². The Morgan fingerprint density at radius 1 is 1.21 bits per heavy atom. The normalized spacial score (nSPS) is 16.6. The second kappa shape index (κ2) is 9.00. The third kappa shape index (κ3) is 4.35. The number of carbonyl (C=O) groups is 2. The predicted molar refractivity (Wildman–Crippen MR) is 121 cm³/mol. The van der Waals surface area contributed by atoms with Gasteiger partial charge in [0, 0.05) is 0 Å². The molecule has 2 aromatic rings. The molecule has 28 heavy (non-hydrogen) atoms. The zero-order valence-corrected chi connectivity index (χ0v) is 18.7. The molecule has 0 spiro atoms. The lowest BCUT2D eigenvalue weighted by atomic mass is 10.1. The van der Waals surface area contributed by atoms with Crippen LogP contribution in [0.25, 0.3) is 6.08 Å². The zero-order valence-electron chi connectivity index (χ0n) is 15.8. The van der Waals surface area contributed by atoms with Crippen molar-refractivity contribution in [3.05, 3.63) is 56.5 Å².